The zero-order chi connectivity index (χ0) is 12.5. The number of nitrogens with two attached hydrogens (primary N) is 1. The van der Waals surface area contributed by atoms with Crippen LogP contribution >= 0.6 is 0 Å². The Balaban J connectivity index is 2.18. The third-order valence-electron chi connectivity index (χ3n) is 2.47. The molecule has 3 rings (SSSR count). The average molecular weight is 243 g/mol. The van der Waals surface area contributed by atoms with Crippen LogP contribution in [0, 0.1) is 0 Å². The largest absolute Gasteiger partial charge is 0.467 e. The fourth-order valence-electron chi connectivity index (χ4n) is 1.63. The van der Waals surface area contributed by atoms with E-state index in [1.54, 1.807) is 12.4 Å². The van der Waals surface area contributed by atoms with Crippen molar-refractivity contribution in [3.05, 3.63) is 18.7 Å². The summed E-state index contributed by atoms with van der Waals surface area (Å²) in [6.07, 6.45) is 4.59. The number of anilines is 1. The van der Waals surface area contributed by atoms with Crippen molar-refractivity contribution in [2.24, 2.45) is 0 Å². The van der Waals surface area contributed by atoms with Crippen LogP contribution in [0.5, 0.6) is 6.01 Å². The summed E-state index contributed by atoms with van der Waals surface area (Å²) in [6, 6.07) is 0.294. The molecule has 3 aromatic heterocycles. The van der Waals surface area contributed by atoms with Gasteiger partial charge in [0.15, 0.2) is 5.65 Å². The number of hydrogen-bond acceptors (Lipinski definition) is 7. The van der Waals surface area contributed by atoms with Crippen LogP contribution in [0.25, 0.3) is 22.3 Å². The summed E-state index contributed by atoms with van der Waals surface area (Å²) in [4.78, 5) is 16.0. The summed E-state index contributed by atoms with van der Waals surface area (Å²) < 4.78 is 4.90. The summed E-state index contributed by atoms with van der Waals surface area (Å²) in [5, 5.41) is 7.60. The Bertz CT molecular complexity index is 691. The highest BCUT2D eigenvalue weighted by atomic mass is 16.5. The Kier molecular flexibility index (Phi) is 2.26. The van der Waals surface area contributed by atoms with Gasteiger partial charge in [-0.15, -0.1) is 0 Å². The number of methoxy groups -OCH3 is 1. The SMILES string of the molecule is COc1ncc(-c2n[nH]c3ncnc(N)c23)cn1. The van der Waals surface area contributed by atoms with Gasteiger partial charge in [0.05, 0.1) is 12.5 Å². The Labute approximate surface area is 101 Å². The molecule has 0 spiro atoms. The minimum absolute atomic E-state index is 0.294. The molecule has 0 bridgehead atoms. The average Bonchev–Trinajstić information content (AvgIpc) is 2.84. The monoisotopic (exact) mass is 243 g/mol. The zero-order valence-electron chi connectivity index (χ0n) is 9.45. The van der Waals surface area contributed by atoms with Gasteiger partial charge in [-0.2, -0.15) is 5.10 Å². The molecule has 0 aromatic carbocycles. The van der Waals surface area contributed by atoms with Gasteiger partial charge in [-0.05, 0) is 0 Å². The molecule has 3 heterocycles. The third-order valence-corrected chi connectivity index (χ3v) is 2.47. The summed E-state index contributed by atoms with van der Waals surface area (Å²) in [5.41, 5.74) is 7.72. The maximum Gasteiger partial charge on any atom is 0.316 e. The molecule has 0 aliphatic carbocycles. The third kappa shape index (κ3) is 1.51. The number of nitrogen functional groups attached to an aromatic ring is 1. The highest BCUT2D eigenvalue weighted by molar-refractivity contribution is 5.97. The first-order chi connectivity index (χ1) is 8.79. The van der Waals surface area contributed by atoms with Gasteiger partial charge in [0.1, 0.15) is 17.8 Å². The van der Waals surface area contributed by atoms with E-state index in [0.29, 0.717) is 34.1 Å². The van der Waals surface area contributed by atoms with Gasteiger partial charge < -0.3 is 10.5 Å². The van der Waals surface area contributed by atoms with Crippen LogP contribution in [0.15, 0.2) is 18.7 Å². The highest BCUT2D eigenvalue weighted by Gasteiger charge is 2.13. The van der Waals surface area contributed by atoms with Crippen molar-refractivity contribution in [2.45, 2.75) is 0 Å². The molecule has 8 heteroatoms. The Morgan fingerprint density at radius 3 is 2.67 bits per heavy atom. The van der Waals surface area contributed by atoms with Crippen molar-refractivity contribution in [3.63, 3.8) is 0 Å². The Hall–Kier alpha value is -2.77. The van der Waals surface area contributed by atoms with E-state index >= 15 is 0 Å². The minimum Gasteiger partial charge on any atom is -0.467 e. The molecule has 0 saturated carbocycles. The predicted octanol–water partition coefficient (Wildman–Crippen LogP) is 0.401. The topological polar surface area (TPSA) is 115 Å². The maximum atomic E-state index is 5.82. The van der Waals surface area contributed by atoms with Gasteiger partial charge in [-0.3, -0.25) is 5.10 Å². The van der Waals surface area contributed by atoms with Gasteiger partial charge in [0, 0.05) is 18.0 Å². The van der Waals surface area contributed by atoms with E-state index in [9.17, 15) is 0 Å². The van der Waals surface area contributed by atoms with E-state index in [2.05, 4.69) is 30.1 Å². The van der Waals surface area contributed by atoms with Crippen LogP contribution in [0.1, 0.15) is 0 Å². The Morgan fingerprint density at radius 1 is 1.17 bits per heavy atom. The van der Waals surface area contributed by atoms with Crippen LogP contribution in [-0.2, 0) is 0 Å². The van der Waals surface area contributed by atoms with Gasteiger partial charge in [0.25, 0.3) is 0 Å². The van der Waals surface area contributed by atoms with Gasteiger partial charge in [0.2, 0.25) is 0 Å². The van der Waals surface area contributed by atoms with Gasteiger partial charge >= 0.3 is 6.01 Å². The molecule has 3 aromatic rings. The minimum atomic E-state index is 0.294. The summed E-state index contributed by atoms with van der Waals surface area (Å²) in [7, 11) is 1.50. The molecule has 0 amide bonds. The quantitative estimate of drug-likeness (QED) is 0.669. The lowest BCUT2D eigenvalue weighted by Crippen LogP contribution is -1.94. The standard InChI is InChI=1S/C10H9N7O/c1-18-10-12-2-5(3-13-10)7-6-8(11)14-4-15-9(6)17-16-7/h2-4H,1H3,(H3,11,14,15,16,17). The van der Waals surface area contributed by atoms with Crippen LogP contribution in [0.3, 0.4) is 0 Å². The second-order valence-electron chi connectivity index (χ2n) is 3.51. The number of hydrogen-bond donors (Lipinski definition) is 2. The number of rotatable bonds is 2. The highest BCUT2D eigenvalue weighted by Crippen LogP contribution is 2.27. The number of nitrogens with one attached hydrogen (secondary N) is 1. The molecule has 0 fully saturated rings. The van der Waals surface area contributed by atoms with E-state index in [1.807, 2.05) is 0 Å². The summed E-state index contributed by atoms with van der Waals surface area (Å²) in [5.74, 6) is 0.361. The molecule has 0 unspecified atom stereocenters. The van der Waals surface area contributed by atoms with Crippen LogP contribution < -0.4 is 10.5 Å². The Morgan fingerprint density at radius 2 is 1.94 bits per heavy atom. The van der Waals surface area contributed by atoms with Crippen LogP contribution in [0.4, 0.5) is 5.82 Å². The smallest absolute Gasteiger partial charge is 0.316 e. The molecule has 0 aliphatic rings. The zero-order valence-corrected chi connectivity index (χ0v) is 9.45. The lowest BCUT2D eigenvalue weighted by Gasteiger charge is -2.00. The first-order valence-electron chi connectivity index (χ1n) is 5.10. The molecule has 8 nitrogen and oxygen atoms in total. The molecule has 0 atom stereocenters. The molecule has 3 N–H and O–H groups in total. The molecule has 0 radical (unpaired) electrons. The summed E-state index contributed by atoms with van der Waals surface area (Å²) in [6.45, 7) is 0. The number of fused-ring (bicyclic) bond motifs is 1. The second-order valence-corrected chi connectivity index (χ2v) is 3.51. The van der Waals surface area contributed by atoms with E-state index in [1.165, 1.54) is 13.4 Å². The van der Waals surface area contributed by atoms with Gasteiger partial charge in [-0.25, -0.2) is 19.9 Å². The van der Waals surface area contributed by atoms with E-state index in [4.69, 9.17) is 10.5 Å². The lowest BCUT2D eigenvalue weighted by atomic mass is 10.2. The van der Waals surface area contributed by atoms with Crippen LogP contribution in [-0.4, -0.2) is 37.2 Å². The number of aromatic nitrogens is 6. The maximum absolute atomic E-state index is 5.82. The van der Waals surface area contributed by atoms with E-state index < -0.39 is 0 Å². The van der Waals surface area contributed by atoms with Crippen molar-refractivity contribution in [3.8, 4) is 17.3 Å². The molecule has 0 aliphatic heterocycles. The lowest BCUT2D eigenvalue weighted by molar-refractivity contribution is 0.380. The fourth-order valence-corrected chi connectivity index (χ4v) is 1.63. The number of nitrogens with zero attached hydrogens (tertiary/aromatic N) is 5. The van der Waals surface area contributed by atoms with Crippen molar-refractivity contribution >= 4 is 16.9 Å². The van der Waals surface area contributed by atoms with E-state index in [0.717, 1.165) is 0 Å². The van der Waals surface area contributed by atoms with Gasteiger partial charge in [-0.1, -0.05) is 0 Å². The molecular weight excluding hydrogens is 234 g/mol. The number of H-pyrrole nitrogens is 1. The fraction of sp³-hybridized carbons (Fsp3) is 0.100. The van der Waals surface area contributed by atoms with Crippen molar-refractivity contribution in [1.29, 1.82) is 0 Å². The number of aromatic amines is 1. The summed E-state index contributed by atoms with van der Waals surface area (Å²) >= 11 is 0. The van der Waals surface area contributed by atoms with Crippen LogP contribution in [0.2, 0.25) is 0 Å². The molecule has 90 valence electrons. The van der Waals surface area contributed by atoms with Crippen molar-refractivity contribution < 1.29 is 4.74 Å². The predicted molar refractivity (Wildman–Crippen MR) is 63.7 cm³/mol. The molecular formula is C10H9N7O. The van der Waals surface area contributed by atoms with Crippen molar-refractivity contribution in [1.82, 2.24) is 30.1 Å². The molecule has 0 saturated heterocycles. The second kappa shape index (κ2) is 3.91. The van der Waals surface area contributed by atoms with E-state index in [-0.39, 0.29) is 0 Å². The van der Waals surface area contributed by atoms with Crippen molar-refractivity contribution in [2.75, 3.05) is 12.8 Å². The molecule has 18 heavy (non-hydrogen) atoms. The number of ether oxygens (including phenoxy) is 1. The first kappa shape index (κ1) is 10.4. The first-order valence-corrected chi connectivity index (χ1v) is 5.10. The normalized spacial score (nSPS) is 10.7.